The first-order valence-corrected chi connectivity index (χ1v) is 7.47. The monoisotopic (exact) mass is 277 g/mol. The van der Waals surface area contributed by atoms with Crippen LogP contribution in [0.3, 0.4) is 0 Å². The summed E-state index contributed by atoms with van der Waals surface area (Å²) in [6.45, 7) is 13.7. The van der Waals surface area contributed by atoms with Crippen molar-refractivity contribution in [3.63, 3.8) is 0 Å². The molecule has 0 aliphatic carbocycles. The Morgan fingerprint density at radius 1 is 1.30 bits per heavy atom. The smallest absolute Gasteiger partial charge is 0.145 e. The van der Waals surface area contributed by atoms with Crippen LogP contribution < -0.4 is 5.32 Å². The minimum atomic E-state index is -0.176. The van der Waals surface area contributed by atoms with E-state index in [9.17, 15) is 0 Å². The molecule has 0 radical (unpaired) electrons. The predicted octanol–water partition coefficient (Wildman–Crippen LogP) is 3.03. The Bertz CT molecular complexity index is 453. The molecule has 4 nitrogen and oxygen atoms in total. The molecule has 0 spiro atoms. The van der Waals surface area contributed by atoms with E-state index >= 15 is 0 Å². The van der Waals surface area contributed by atoms with Gasteiger partial charge in [0, 0.05) is 18.3 Å². The lowest BCUT2D eigenvalue weighted by Gasteiger charge is -2.32. The Hall–Kier alpha value is -1.00. The maximum Gasteiger partial charge on any atom is 0.145 e. The molecule has 0 saturated carbocycles. The number of aromatic nitrogens is 2. The van der Waals surface area contributed by atoms with E-state index in [1.807, 2.05) is 19.3 Å². The largest absolute Gasteiger partial charge is 0.369 e. The number of nitrogens with one attached hydrogen (secondary N) is 1. The molecule has 2 unspecified atom stereocenters. The van der Waals surface area contributed by atoms with E-state index in [0.29, 0.717) is 5.92 Å². The zero-order valence-corrected chi connectivity index (χ0v) is 13.5. The van der Waals surface area contributed by atoms with E-state index in [2.05, 4.69) is 49.9 Å². The van der Waals surface area contributed by atoms with Crippen molar-refractivity contribution < 1.29 is 4.74 Å². The fourth-order valence-electron chi connectivity index (χ4n) is 3.32. The fourth-order valence-corrected chi connectivity index (χ4v) is 3.32. The Morgan fingerprint density at radius 2 is 1.90 bits per heavy atom. The zero-order chi connectivity index (χ0) is 15.0. The van der Waals surface area contributed by atoms with Crippen molar-refractivity contribution in [1.82, 2.24) is 15.3 Å². The minimum absolute atomic E-state index is 0.0907. The highest BCUT2D eigenvalue weighted by molar-refractivity contribution is 5.09. The molecular formula is C16H27N3O. The number of hydrogen-bond acceptors (Lipinski definition) is 4. The molecule has 1 aliphatic rings. The van der Waals surface area contributed by atoms with Gasteiger partial charge in [-0.25, -0.2) is 9.97 Å². The third kappa shape index (κ3) is 3.18. The summed E-state index contributed by atoms with van der Waals surface area (Å²) in [4.78, 5) is 9.05. The highest BCUT2D eigenvalue weighted by Gasteiger charge is 2.49. The van der Waals surface area contributed by atoms with Crippen LogP contribution in [0.25, 0.3) is 0 Å². The van der Waals surface area contributed by atoms with Crippen LogP contribution >= 0.6 is 0 Å². The molecule has 2 heterocycles. The van der Waals surface area contributed by atoms with Crippen LogP contribution in [0.5, 0.6) is 0 Å². The summed E-state index contributed by atoms with van der Waals surface area (Å²) < 4.78 is 6.23. The van der Waals surface area contributed by atoms with E-state index in [1.54, 1.807) is 0 Å². The molecule has 20 heavy (non-hydrogen) atoms. The number of nitrogens with zero attached hydrogens (tertiary/aromatic N) is 2. The average molecular weight is 277 g/mol. The van der Waals surface area contributed by atoms with Crippen LogP contribution in [0.1, 0.15) is 58.5 Å². The zero-order valence-electron chi connectivity index (χ0n) is 13.5. The molecule has 1 aromatic heterocycles. The second-order valence-electron chi connectivity index (χ2n) is 6.93. The second-order valence-corrected chi connectivity index (χ2v) is 6.93. The SMILES string of the molecule is CCNC(c1ncc(C)cn1)C1CC(C)(C)OC1(C)C. The molecule has 0 aromatic carbocycles. The van der Waals surface area contributed by atoms with Crippen LogP contribution in [0.4, 0.5) is 0 Å². The van der Waals surface area contributed by atoms with E-state index in [1.165, 1.54) is 0 Å². The minimum Gasteiger partial charge on any atom is -0.369 e. The topological polar surface area (TPSA) is 47.0 Å². The van der Waals surface area contributed by atoms with E-state index < -0.39 is 0 Å². The van der Waals surface area contributed by atoms with Gasteiger partial charge in [-0.2, -0.15) is 0 Å². The normalized spacial score (nSPS) is 25.6. The van der Waals surface area contributed by atoms with Crippen molar-refractivity contribution in [2.45, 2.75) is 65.2 Å². The predicted molar refractivity (Wildman–Crippen MR) is 80.5 cm³/mol. The molecule has 1 saturated heterocycles. The summed E-state index contributed by atoms with van der Waals surface area (Å²) >= 11 is 0. The maximum atomic E-state index is 6.23. The van der Waals surface area contributed by atoms with Gasteiger partial charge < -0.3 is 10.1 Å². The molecule has 112 valence electrons. The van der Waals surface area contributed by atoms with Crippen LogP contribution in [0.15, 0.2) is 12.4 Å². The number of hydrogen-bond donors (Lipinski definition) is 1. The molecule has 0 bridgehead atoms. The summed E-state index contributed by atoms with van der Waals surface area (Å²) in [5, 5.41) is 3.55. The van der Waals surface area contributed by atoms with Gasteiger partial charge in [0.05, 0.1) is 17.2 Å². The molecule has 2 atom stereocenters. The second kappa shape index (κ2) is 5.41. The van der Waals surface area contributed by atoms with Crippen molar-refractivity contribution >= 4 is 0 Å². The standard InChI is InChI=1S/C16H27N3O/c1-7-17-13(14-18-9-11(2)10-19-14)12-8-15(3,4)20-16(12,5)6/h9-10,12-13,17H,7-8H2,1-6H3. The molecule has 1 N–H and O–H groups in total. The molecule has 1 aliphatic heterocycles. The molecule has 1 aromatic rings. The highest BCUT2D eigenvalue weighted by atomic mass is 16.5. The summed E-state index contributed by atoms with van der Waals surface area (Å²) in [6, 6.07) is 0.136. The van der Waals surface area contributed by atoms with E-state index in [4.69, 9.17) is 4.74 Å². The molecule has 1 fully saturated rings. The lowest BCUT2D eigenvalue weighted by molar-refractivity contribution is -0.0781. The van der Waals surface area contributed by atoms with E-state index in [-0.39, 0.29) is 17.2 Å². The van der Waals surface area contributed by atoms with E-state index in [0.717, 1.165) is 24.4 Å². The van der Waals surface area contributed by atoms with Gasteiger partial charge in [-0.05, 0) is 53.1 Å². The maximum absolute atomic E-state index is 6.23. The first-order chi connectivity index (χ1) is 9.25. The molecule has 0 amide bonds. The van der Waals surface area contributed by atoms with Crippen molar-refractivity contribution in [3.05, 3.63) is 23.8 Å². The lowest BCUT2D eigenvalue weighted by Crippen LogP contribution is -2.39. The van der Waals surface area contributed by atoms with Crippen LogP contribution in [-0.4, -0.2) is 27.7 Å². The quantitative estimate of drug-likeness (QED) is 0.919. The van der Waals surface area contributed by atoms with Crippen molar-refractivity contribution in [2.75, 3.05) is 6.54 Å². The Morgan fingerprint density at radius 3 is 2.35 bits per heavy atom. The van der Waals surface area contributed by atoms with Crippen LogP contribution in [0.2, 0.25) is 0 Å². The first kappa shape index (κ1) is 15.4. The first-order valence-electron chi connectivity index (χ1n) is 7.47. The summed E-state index contributed by atoms with van der Waals surface area (Å²) in [5.41, 5.74) is 0.822. The van der Waals surface area contributed by atoms with Crippen LogP contribution in [0, 0.1) is 12.8 Å². The van der Waals surface area contributed by atoms with Crippen molar-refractivity contribution in [3.8, 4) is 0 Å². The molecule has 2 rings (SSSR count). The Kier molecular flexibility index (Phi) is 4.17. The summed E-state index contributed by atoms with van der Waals surface area (Å²) in [6.07, 6.45) is 4.79. The van der Waals surface area contributed by atoms with Crippen molar-refractivity contribution in [2.24, 2.45) is 5.92 Å². The lowest BCUT2D eigenvalue weighted by atomic mass is 9.81. The third-order valence-electron chi connectivity index (χ3n) is 4.05. The molecular weight excluding hydrogens is 250 g/mol. The summed E-state index contributed by atoms with van der Waals surface area (Å²) in [5.74, 6) is 1.23. The van der Waals surface area contributed by atoms with Gasteiger partial charge in [0.25, 0.3) is 0 Å². The van der Waals surface area contributed by atoms with Gasteiger partial charge in [-0.15, -0.1) is 0 Å². The van der Waals surface area contributed by atoms with Gasteiger partial charge in [-0.1, -0.05) is 6.92 Å². The summed E-state index contributed by atoms with van der Waals surface area (Å²) in [7, 11) is 0. The number of aryl methyl sites for hydroxylation is 1. The fraction of sp³-hybridized carbons (Fsp3) is 0.750. The average Bonchev–Trinajstić information content (AvgIpc) is 2.55. The highest BCUT2D eigenvalue weighted by Crippen LogP contribution is 2.47. The van der Waals surface area contributed by atoms with Gasteiger partial charge >= 0.3 is 0 Å². The molecule has 4 heteroatoms. The number of rotatable bonds is 4. The van der Waals surface area contributed by atoms with Crippen molar-refractivity contribution in [1.29, 1.82) is 0 Å². The van der Waals surface area contributed by atoms with Gasteiger partial charge in [0.2, 0.25) is 0 Å². The van der Waals surface area contributed by atoms with Gasteiger partial charge in [0.1, 0.15) is 5.82 Å². The Labute approximate surface area is 122 Å². The van der Waals surface area contributed by atoms with Gasteiger partial charge in [-0.3, -0.25) is 0 Å². The number of ether oxygens (including phenoxy) is 1. The van der Waals surface area contributed by atoms with Crippen LogP contribution in [-0.2, 0) is 4.74 Å². The third-order valence-corrected chi connectivity index (χ3v) is 4.05. The Balaban J connectivity index is 2.31. The van der Waals surface area contributed by atoms with Gasteiger partial charge in [0.15, 0.2) is 0 Å².